The number of benzene rings is 1. The van der Waals surface area contributed by atoms with Gasteiger partial charge in [0.15, 0.2) is 0 Å². The van der Waals surface area contributed by atoms with Crippen molar-refractivity contribution in [2.75, 3.05) is 5.32 Å². The average Bonchev–Trinajstić information content (AvgIpc) is 2.91. The lowest BCUT2D eigenvalue weighted by molar-refractivity contribution is -0.137. The van der Waals surface area contributed by atoms with Crippen molar-refractivity contribution in [1.82, 2.24) is 0 Å². The van der Waals surface area contributed by atoms with Crippen LogP contribution in [0.1, 0.15) is 19.4 Å². The first-order chi connectivity index (χ1) is 10.4. The van der Waals surface area contributed by atoms with Crippen LogP contribution in [0.5, 0.6) is 0 Å². The lowest BCUT2D eigenvalue weighted by Crippen LogP contribution is -2.18. The van der Waals surface area contributed by atoms with Crippen molar-refractivity contribution in [3.63, 3.8) is 0 Å². The van der Waals surface area contributed by atoms with Crippen molar-refractivity contribution >= 4 is 46.4 Å². The molecule has 1 aliphatic carbocycles. The molecule has 0 heterocycles. The van der Waals surface area contributed by atoms with Crippen LogP contribution in [0.2, 0.25) is 5.02 Å². The van der Waals surface area contributed by atoms with Crippen LogP contribution in [0, 0.1) is 17.3 Å². The number of allylic oxidation sites excluding steroid dienone is 1. The first kappa shape index (κ1) is 18.4. The molecule has 1 fully saturated rings. The molecule has 1 aromatic rings. The highest BCUT2D eigenvalue weighted by molar-refractivity contribution is 6.55. The van der Waals surface area contributed by atoms with Crippen LogP contribution in [0.15, 0.2) is 28.8 Å². The van der Waals surface area contributed by atoms with Crippen LogP contribution in [0.3, 0.4) is 0 Å². The smallest absolute Gasteiger partial charge is 0.324 e. The van der Waals surface area contributed by atoms with Gasteiger partial charge in [-0.3, -0.25) is 4.79 Å². The Kier molecular flexibility index (Phi) is 4.96. The molecule has 1 aromatic carbocycles. The van der Waals surface area contributed by atoms with Gasteiger partial charge in [0.05, 0.1) is 22.2 Å². The molecule has 2 nitrogen and oxygen atoms in total. The molecule has 8 heteroatoms. The minimum absolute atomic E-state index is 0.0345. The van der Waals surface area contributed by atoms with Gasteiger partial charge >= 0.3 is 6.18 Å². The fraction of sp³-hybridized carbons (Fsp3) is 0.400. The van der Waals surface area contributed by atoms with Crippen molar-refractivity contribution in [2.45, 2.75) is 20.0 Å². The summed E-state index contributed by atoms with van der Waals surface area (Å²) in [5, 5.41) is 2.49. The number of carbonyl (C=O) groups is 1. The van der Waals surface area contributed by atoms with Gasteiger partial charge in [0.1, 0.15) is 4.49 Å². The van der Waals surface area contributed by atoms with E-state index in [1.165, 1.54) is 0 Å². The molecule has 0 aliphatic heterocycles. The van der Waals surface area contributed by atoms with E-state index in [9.17, 15) is 18.0 Å². The van der Waals surface area contributed by atoms with Crippen LogP contribution in [0.25, 0.3) is 0 Å². The minimum Gasteiger partial charge on any atom is -0.324 e. The van der Waals surface area contributed by atoms with Crippen molar-refractivity contribution in [3.8, 4) is 0 Å². The highest BCUT2D eigenvalue weighted by atomic mass is 35.5. The highest BCUT2D eigenvalue weighted by Gasteiger charge is 2.60. The Labute approximate surface area is 146 Å². The van der Waals surface area contributed by atoms with Gasteiger partial charge in [-0.15, -0.1) is 0 Å². The molecule has 1 N–H and O–H groups in total. The van der Waals surface area contributed by atoms with Crippen molar-refractivity contribution < 1.29 is 18.0 Å². The van der Waals surface area contributed by atoms with E-state index in [0.29, 0.717) is 0 Å². The number of carbonyl (C=O) groups excluding carboxylic acids is 1. The van der Waals surface area contributed by atoms with Gasteiger partial charge in [0, 0.05) is 0 Å². The first-order valence-corrected chi connectivity index (χ1v) is 7.78. The monoisotopic (exact) mass is 385 g/mol. The Morgan fingerprint density at radius 1 is 1.30 bits per heavy atom. The van der Waals surface area contributed by atoms with Crippen molar-refractivity contribution in [1.29, 1.82) is 0 Å². The minimum atomic E-state index is -4.51. The standard InChI is InChI=1S/C15H13Cl3F3NO/c1-14(2)8(6-11(17)18)12(14)13(23)22-10-5-7(15(19,20)21)3-4-9(10)16/h3-6,8,12H,1-2H3,(H,22,23)/t8-,12-/m1/s1. The molecule has 1 saturated carbocycles. The zero-order valence-electron chi connectivity index (χ0n) is 12.1. The summed E-state index contributed by atoms with van der Waals surface area (Å²) >= 11 is 17.1. The Morgan fingerprint density at radius 2 is 1.91 bits per heavy atom. The summed E-state index contributed by atoms with van der Waals surface area (Å²) in [6.45, 7) is 3.70. The van der Waals surface area contributed by atoms with E-state index >= 15 is 0 Å². The van der Waals surface area contributed by atoms with E-state index in [-0.39, 0.29) is 26.5 Å². The number of alkyl halides is 3. The predicted molar refractivity (Wildman–Crippen MR) is 85.6 cm³/mol. The normalized spacial score (nSPS) is 22.4. The Hall–Kier alpha value is -0.910. The summed E-state index contributed by atoms with van der Waals surface area (Å²) < 4.78 is 38.3. The van der Waals surface area contributed by atoms with Crippen molar-refractivity contribution in [2.24, 2.45) is 17.3 Å². The van der Waals surface area contributed by atoms with E-state index in [2.05, 4.69) is 5.32 Å². The lowest BCUT2D eigenvalue weighted by atomic mass is 10.1. The topological polar surface area (TPSA) is 29.1 Å². The molecule has 126 valence electrons. The van der Waals surface area contributed by atoms with Gasteiger partial charge in [-0.05, 0) is 35.6 Å². The van der Waals surface area contributed by atoms with Gasteiger partial charge in [-0.2, -0.15) is 13.2 Å². The number of halogens is 6. The summed E-state index contributed by atoms with van der Waals surface area (Å²) in [4.78, 5) is 12.3. The Bertz CT molecular complexity index is 666. The number of rotatable bonds is 3. The van der Waals surface area contributed by atoms with E-state index in [4.69, 9.17) is 34.8 Å². The fourth-order valence-corrected chi connectivity index (χ4v) is 3.07. The van der Waals surface area contributed by atoms with Crippen LogP contribution in [-0.2, 0) is 11.0 Å². The van der Waals surface area contributed by atoms with Gasteiger partial charge in [-0.25, -0.2) is 0 Å². The summed E-state index contributed by atoms with van der Waals surface area (Å²) in [5.41, 5.74) is -1.34. The summed E-state index contributed by atoms with van der Waals surface area (Å²) in [7, 11) is 0. The van der Waals surface area contributed by atoms with Crippen LogP contribution >= 0.6 is 34.8 Å². The maximum absolute atomic E-state index is 12.7. The molecule has 1 amide bonds. The van der Waals surface area contributed by atoms with Gasteiger partial charge in [-0.1, -0.05) is 48.7 Å². The van der Waals surface area contributed by atoms with E-state index in [1.807, 2.05) is 13.8 Å². The molecule has 0 unspecified atom stereocenters. The van der Waals surface area contributed by atoms with Crippen LogP contribution < -0.4 is 5.32 Å². The molecule has 0 spiro atoms. The third-order valence-corrected chi connectivity index (χ3v) is 4.63. The van der Waals surface area contributed by atoms with E-state index in [1.54, 1.807) is 6.08 Å². The maximum atomic E-state index is 12.7. The average molecular weight is 387 g/mol. The van der Waals surface area contributed by atoms with Crippen molar-refractivity contribution in [3.05, 3.63) is 39.4 Å². The number of hydrogen-bond donors (Lipinski definition) is 1. The molecular weight excluding hydrogens is 374 g/mol. The Balaban J connectivity index is 2.20. The Morgan fingerprint density at radius 3 is 2.43 bits per heavy atom. The van der Waals surface area contributed by atoms with E-state index < -0.39 is 23.6 Å². The summed E-state index contributed by atoms with van der Waals surface area (Å²) in [5.74, 6) is -1.05. The number of hydrogen-bond acceptors (Lipinski definition) is 1. The highest BCUT2D eigenvalue weighted by Crippen LogP contribution is 2.60. The molecule has 2 atom stereocenters. The van der Waals surface area contributed by atoms with E-state index in [0.717, 1.165) is 18.2 Å². The summed E-state index contributed by atoms with van der Waals surface area (Å²) in [6, 6.07) is 2.78. The number of anilines is 1. The SMILES string of the molecule is CC1(C)[C@H](C=C(Cl)Cl)[C@@H]1C(=O)Nc1cc(C(F)(F)F)ccc1Cl. The predicted octanol–water partition coefficient (Wildman–Crippen LogP) is 5.89. The molecule has 0 bridgehead atoms. The third-order valence-electron chi connectivity index (χ3n) is 4.05. The second kappa shape index (κ2) is 6.19. The fourth-order valence-electron chi connectivity index (χ4n) is 2.63. The number of nitrogens with one attached hydrogen (secondary N) is 1. The maximum Gasteiger partial charge on any atom is 0.416 e. The molecule has 1 aliphatic rings. The van der Waals surface area contributed by atoms with Gasteiger partial charge in [0.2, 0.25) is 5.91 Å². The molecule has 0 radical (unpaired) electrons. The molecule has 0 saturated heterocycles. The zero-order chi connectivity index (χ0) is 17.6. The lowest BCUT2D eigenvalue weighted by Gasteiger charge is -2.12. The molecular formula is C15H13Cl3F3NO. The second-order valence-electron chi connectivity index (χ2n) is 5.96. The molecule has 0 aromatic heterocycles. The van der Waals surface area contributed by atoms with Crippen LogP contribution in [-0.4, -0.2) is 5.91 Å². The third kappa shape index (κ3) is 3.95. The largest absolute Gasteiger partial charge is 0.416 e. The van der Waals surface area contributed by atoms with Gasteiger partial charge in [0.25, 0.3) is 0 Å². The molecule has 23 heavy (non-hydrogen) atoms. The molecule has 2 rings (SSSR count). The number of amides is 1. The van der Waals surface area contributed by atoms with Gasteiger partial charge < -0.3 is 5.32 Å². The van der Waals surface area contributed by atoms with Crippen LogP contribution in [0.4, 0.5) is 18.9 Å². The summed E-state index contributed by atoms with van der Waals surface area (Å²) in [6.07, 6.45) is -2.96. The zero-order valence-corrected chi connectivity index (χ0v) is 14.4. The second-order valence-corrected chi connectivity index (χ2v) is 7.38. The first-order valence-electron chi connectivity index (χ1n) is 6.65. The quantitative estimate of drug-likeness (QED) is 0.689.